The van der Waals surface area contributed by atoms with Gasteiger partial charge in [0.05, 0.1) is 11.2 Å². The van der Waals surface area contributed by atoms with E-state index in [-0.39, 0.29) is 45.9 Å². The minimum absolute atomic E-state index is 0.00308. The number of thiazole rings is 1. The van der Waals surface area contributed by atoms with E-state index in [9.17, 15) is 43.8 Å². The second kappa shape index (κ2) is 17.4. The maximum absolute atomic E-state index is 15.6. The number of nitrogens with two attached hydrogens (primary N) is 1. The van der Waals surface area contributed by atoms with Crippen LogP contribution in [-0.4, -0.2) is 126 Å². The molecule has 4 aliphatic rings. The molecule has 20 nitrogen and oxygen atoms in total. The molecule has 4 aromatic rings. The van der Waals surface area contributed by atoms with Gasteiger partial charge in [-0.2, -0.15) is 0 Å². The number of anilines is 2. The third kappa shape index (κ3) is 8.60. The van der Waals surface area contributed by atoms with Crippen LogP contribution in [0.1, 0.15) is 59.1 Å². The number of carboxylic acid groups (broad SMARTS) is 2. The average Bonchev–Trinajstić information content (AvgIpc) is 4.03. The van der Waals surface area contributed by atoms with Crippen molar-refractivity contribution in [3.05, 3.63) is 98.2 Å². The van der Waals surface area contributed by atoms with E-state index in [2.05, 4.69) is 26.3 Å². The quantitative estimate of drug-likeness (QED) is 0.0634. The predicted octanol–water partition coefficient (Wildman–Crippen LogP) is 1.73. The molecule has 2 saturated heterocycles. The molecular formula is C41H41FN10O10S2. The number of pyridine rings is 1. The molecular weight excluding hydrogens is 876 g/mol. The number of benzene rings is 2. The number of nitrogens with one attached hydrogen (secondary N) is 3. The summed E-state index contributed by atoms with van der Waals surface area (Å²) in [6, 6.07) is 9.68. The number of aliphatic carboxylic acids is 1. The van der Waals surface area contributed by atoms with Gasteiger partial charge in [-0.05, 0) is 56.5 Å². The number of piperazine rings is 1. The number of nitrogens with zero attached hydrogens (tertiary/aromatic N) is 6. The summed E-state index contributed by atoms with van der Waals surface area (Å²) in [5.74, 6) is -6.13. The molecule has 2 aromatic carbocycles. The number of rotatable bonds is 13. The zero-order valence-electron chi connectivity index (χ0n) is 34.2. The molecule has 0 radical (unpaired) electrons. The number of hydrogen-bond acceptors (Lipinski definition) is 15. The Hall–Kier alpha value is -6.85. The average molecular weight is 917 g/mol. The number of carbonyl (C=O) groups excluding carboxylic acids is 4. The Bertz CT molecular complexity index is 2730. The summed E-state index contributed by atoms with van der Waals surface area (Å²) in [6.45, 7) is 4.42. The summed E-state index contributed by atoms with van der Waals surface area (Å²) >= 11 is 2.26. The van der Waals surface area contributed by atoms with Gasteiger partial charge in [0.25, 0.3) is 23.6 Å². The molecule has 3 aliphatic heterocycles. The number of halogens is 1. The van der Waals surface area contributed by atoms with E-state index in [1.165, 1.54) is 37.2 Å². The Balaban J connectivity index is 0.920. The number of carbonyl (C=O) groups is 6. The molecule has 2 atom stereocenters. The minimum atomic E-state index is -1.74. The highest BCUT2D eigenvalue weighted by molar-refractivity contribution is 8.00. The zero-order valence-corrected chi connectivity index (χ0v) is 35.8. The van der Waals surface area contributed by atoms with Crippen LogP contribution in [0.5, 0.6) is 0 Å². The van der Waals surface area contributed by atoms with Gasteiger partial charge >= 0.3 is 11.9 Å². The van der Waals surface area contributed by atoms with Gasteiger partial charge in [0, 0.05) is 67.0 Å². The smallest absolute Gasteiger partial charge is 0.352 e. The first kappa shape index (κ1) is 43.8. The molecule has 7 N–H and O–H groups in total. The number of carboxylic acids is 2. The third-order valence-corrected chi connectivity index (χ3v) is 13.2. The molecule has 0 spiro atoms. The molecule has 8 rings (SSSR count). The fraction of sp³-hybridized carbons (Fsp3) is 0.341. The van der Waals surface area contributed by atoms with Crippen molar-refractivity contribution in [2.24, 2.45) is 5.16 Å². The highest BCUT2D eigenvalue weighted by Crippen LogP contribution is 2.41. The fourth-order valence-corrected chi connectivity index (χ4v) is 9.45. The second-order valence-electron chi connectivity index (χ2n) is 15.9. The Labute approximate surface area is 370 Å². The summed E-state index contributed by atoms with van der Waals surface area (Å²) in [4.78, 5) is 105. The Kier molecular flexibility index (Phi) is 11.9. The fourth-order valence-electron chi connectivity index (χ4n) is 7.57. The molecule has 334 valence electrons. The van der Waals surface area contributed by atoms with Crippen molar-refractivity contribution in [3.63, 3.8) is 0 Å². The molecule has 64 heavy (non-hydrogen) atoms. The van der Waals surface area contributed by atoms with Crippen LogP contribution in [0, 0.1) is 5.82 Å². The lowest BCUT2D eigenvalue weighted by molar-refractivity contribution is -0.150. The summed E-state index contributed by atoms with van der Waals surface area (Å²) in [5.41, 5.74) is 8.33. The van der Waals surface area contributed by atoms with Crippen LogP contribution in [0.15, 0.2) is 75.3 Å². The zero-order chi connectivity index (χ0) is 45.6. The van der Waals surface area contributed by atoms with Gasteiger partial charge in [-0.3, -0.25) is 44.6 Å². The standard InChI is InChI=1S/C41H41FN10O10S2/c1-41(2,39(61)47-46-33(54)20-6-4-3-5-7-20)62-48-29(26-19-64-40(43)44-26)34(55)45-30-35(56)52-31(38(59)60)21(18-63-36(30)52)16-49-10-12-50(13-11-49)28-15-27-23(14-25(28)42)32(53)24(37(57)58)17-51(27)22-8-9-22/h3-7,14-15,17,19,22,30,36H,8-13,16,18H2,1-2H3,(H2,43,44)(H,45,55)(H,46,54)(H,47,61)(H,57,58)(H,59,60)/b48-29-/t30-,36-/m1/s1. The van der Waals surface area contributed by atoms with Gasteiger partial charge in [0.2, 0.25) is 11.0 Å². The summed E-state index contributed by atoms with van der Waals surface area (Å²) in [5, 5.41) is 27.2. The SMILES string of the molecule is CC(C)(O/N=C(\C(=O)N[C@@H]1C(=O)N2C(C(=O)O)=C(CN3CCN(c4cc5c(cc4F)c(=O)c(C(=O)O)cn5C4CC4)CC3)CS[C@H]12)c1csc(N)n1)C(=O)NNC(=O)c1ccccc1. The Morgan fingerprint density at radius 3 is 2.38 bits per heavy atom. The van der Waals surface area contributed by atoms with Crippen molar-refractivity contribution >= 4 is 86.1 Å². The first-order valence-corrected chi connectivity index (χ1v) is 21.9. The second-order valence-corrected chi connectivity index (χ2v) is 17.9. The number of aromatic carboxylic acids is 1. The first-order valence-electron chi connectivity index (χ1n) is 20.0. The number of oxime groups is 1. The van der Waals surface area contributed by atoms with Crippen LogP contribution in [-0.2, 0) is 24.0 Å². The van der Waals surface area contributed by atoms with Crippen molar-refractivity contribution < 1.29 is 48.2 Å². The minimum Gasteiger partial charge on any atom is -0.477 e. The molecule has 1 aliphatic carbocycles. The van der Waals surface area contributed by atoms with E-state index in [1.54, 1.807) is 41.0 Å². The number of aromatic nitrogens is 2. The Morgan fingerprint density at radius 1 is 1.02 bits per heavy atom. The van der Waals surface area contributed by atoms with E-state index in [4.69, 9.17) is 10.6 Å². The number of β-lactam (4-membered cyclic amide) rings is 1. The number of thioether (sulfide) groups is 1. The topological polar surface area (TPSA) is 271 Å². The lowest BCUT2D eigenvalue weighted by atomic mass is 10.0. The maximum atomic E-state index is 15.6. The van der Waals surface area contributed by atoms with E-state index < -0.39 is 75.1 Å². The number of hydrogen-bond donors (Lipinski definition) is 6. The van der Waals surface area contributed by atoms with Crippen molar-refractivity contribution in [1.82, 2.24) is 35.5 Å². The van der Waals surface area contributed by atoms with Crippen LogP contribution < -0.4 is 32.2 Å². The van der Waals surface area contributed by atoms with Crippen LogP contribution in [0.25, 0.3) is 10.9 Å². The molecule has 5 heterocycles. The highest BCUT2D eigenvalue weighted by Gasteiger charge is 2.54. The van der Waals surface area contributed by atoms with E-state index in [0.29, 0.717) is 42.8 Å². The lowest BCUT2D eigenvalue weighted by Crippen LogP contribution is -2.71. The maximum Gasteiger partial charge on any atom is 0.352 e. The van der Waals surface area contributed by atoms with Gasteiger partial charge in [0.15, 0.2) is 10.8 Å². The van der Waals surface area contributed by atoms with Gasteiger partial charge in [-0.25, -0.2) is 19.0 Å². The number of fused-ring (bicyclic) bond motifs is 2. The number of hydrazine groups is 1. The molecule has 0 unspecified atom stereocenters. The summed E-state index contributed by atoms with van der Waals surface area (Å²) in [6.07, 6.45) is 2.95. The van der Waals surface area contributed by atoms with Gasteiger partial charge < -0.3 is 35.6 Å². The first-order chi connectivity index (χ1) is 30.5. The molecule has 2 aromatic heterocycles. The van der Waals surface area contributed by atoms with Gasteiger partial charge in [-0.1, -0.05) is 23.4 Å². The normalized spacial score (nSPS) is 19.2. The molecule has 23 heteroatoms. The van der Waals surface area contributed by atoms with E-state index in [1.807, 2.05) is 9.80 Å². The number of amides is 4. The molecule has 0 bridgehead atoms. The molecule has 1 saturated carbocycles. The van der Waals surface area contributed by atoms with Crippen molar-refractivity contribution in [1.29, 1.82) is 0 Å². The predicted molar refractivity (Wildman–Crippen MR) is 232 cm³/mol. The number of nitrogen functional groups attached to an aromatic ring is 1. The highest BCUT2D eigenvalue weighted by atomic mass is 32.2. The van der Waals surface area contributed by atoms with Crippen LogP contribution in [0.4, 0.5) is 15.2 Å². The molecule has 4 amide bonds. The lowest BCUT2D eigenvalue weighted by Gasteiger charge is -2.50. The van der Waals surface area contributed by atoms with E-state index in [0.717, 1.165) is 35.1 Å². The summed E-state index contributed by atoms with van der Waals surface area (Å²) < 4.78 is 17.3. The van der Waals surface area contributed by atoms with Crippen LogP contribution in [0.3, 0.4) is 0 Å². The monoisotopic (exact) mass is 916 g/mol. The van der Waals surface area contributed by atoms with Gasteiger partial charge in [0.1, 0.15) is 34.2 Å². The largest absolute Gasteiger partial charge is 0.477 e. The van der Waals surface area contributed by atoms with Crippen molar-refractivity contribution in [3.8, 4) is 0 Å². The van der Waals surface area contributed by atoms with Crippen molar-refractivity contribution in [2.75, 3.05) is 49.1 Å². The van der Waals surface area contributed by atoms with Crippen LogP contribution >= 0.6 is 23.1 Å². The molecule has 3 fully saturated rings. The summed E-state index contributed by atoms with van der Waals surface area (Å²) in [7, 11) is 0. The van der Waals surface area contributed by atoms with Crippen LogP contribution in [0.2, 0.25) is 0 Å². The van der Waals surface area contributed by atoms with Crippen molar-refractivity contribution in [2.45, 2.75) is 49.7 Å². The van der Waals surface area contributed by atoms with E-state index >= 15 is 4.39 Å². The Morgan fingerprint density at radius 2 is 1.73 bits per heavy atom. The van der Waals surface area contributed by atoms with Gasteiger partial charge in [-0.15, -0.1) is 23.1 Å². The third-order valence-electron chi connectivity index (χ3n) is 11.2.